The molecule has 3 nitrogen and oxygen atoms in total. The van der Waals surface area contributed by atoms with Crippen molar-refractivity contribution in [3.8, 4) is 5.75 Å². The molecular formula is C18H24O3S. The Morgan fingerprint density at radius 3 is 2.64 bits per heavy atom. The van der Waals surface area contributed by atoms with Gasteiger partial charge in [0.15, 0.2) is 5.79 Å². The summed E-state index contributed by atoms with van der Waals surface area (Å²) in [7, 11) is 3.32. The van der Waals surface area contributed by atoms with Gasteiger partial charge in [-0.05, 0) is 24.1 Å². The van der Waals surface area contributed by atoms with Crippen LogP contribution in [0.25, 0.3) is 5.57 Å². The first-order valence-electron chi connectivity index (χ1n) is 7.49. The molecule has 0 bridgehead atoms. The van der Waals surface area contributed by atoms with E-state index in [1.165, 1.54) is 0 Å². The third-order valence-electron chi connectivity index (χ3n) is 3.80. The minimum absolute atomic E-state index is 0.332. The van der Waals surface area contributed by atoms with Crippen LogP contribution < -0.4 is 4.74 Å². The lowest BCUT2D eigenvalue weighted by Gasteiger charge is -2.31. The van der Waals surface area contributed by atoms with Gasteiger partial charge in [-0.1, -0.05) is 37.3 Å². The Hall–Kier alpha value is -1.23. The Morgan fingerprint density at radius 2 is 1.95 bits per heavy atom. The number of allylic oxidation sites excluding steroid dienone is 2. The summed E-state index contributed by atoms with van der Waals surface area (Å²) < 4.78 is 17.0. The van der Waals surface area contributed by atoms with Crippen molar-refractivity contribution in [2.75, 3.05) is 20.8 Å². The van der Waals surface area contributed by atoms with E-state index in [9.17, 15) is 0 Å². The lowest BCUT2D eigenvalue weighted by Crippen LogP contribution is -2.32. The molecule has 0 aliphatic heterocycles. The standard InChI is InChI=1S/C18H24O3S/c1-14(22)10-12-21-17-9-5-4-8-16(17)15-7-6-11-18(13-15,19-2)20-3/h4-9,11,14,22H,10,12-13H2,1-3H3. The van der Waals surface area contributed by atoms with E-state index >= 15 is 0 Å². The molecule has 22 heavy (non-hydrogen) atoms. The second kappa shape index (κ2) is 7.86. The summed E-state index contributed by atoms with van der Waals surface area (Å²) in [5.41, 5.74) is 2.22. The van der Waals surface area contributed by atoms with E-state index in [0.717, 1.165) is 23.3 Å². The number of ether oxygens (including phenoxy) is 3. The fourth-order valence-electron chi connectivity index (χ4n) is 2.44. The maximum Gasteiger partial charge on any atom is 0.191 e. The Morgan fingerprint density at radius 1 is 1.23 bits per heavy atom. The van der Waals surface area contributed by atoms with Crippen LogP contribution in [-0.2, 0) is 9.47 Å². The predicted molar refractivity (Wildman–Crippen MR) is 93.5 cm³/mol. The van der Waals surface area contributed by atoms with Gasteiger partial charge in [-0.3, -0.25) is 0 Å². The average molecular weight is 320 g/mol. The maximum atomic E-state index is 5.94. The molecule has 2 rings (SSSR count). The molecule has 0 saturated carbocycles. The molecule has 1 unspecified atom stereocenters. The lowest BCUT2D eigenvalue weighted by atomic mass is 9.93. The van der Waals surface area contributed by atoms with E-state index in [-0.39, 0.29) is 0 Å². The van der Waals surface area contributed by atoms with Crippen molar-refractivity contribution in [2.24, 2.45) is 0 Å². The van der Waals surface area contributed by atoms with Crippen LogP contribution in [0.4, 0.5) is 0 Å². The number of thiol groups is 1. The first kappa shape index (κ1) is 17.1. The van der Waals surface area contributed by atoms with Gasteiger partial charge < -0.3 is 14.2 Å². The number of methoxy groups -OCH3 is 2. The quantitative estimate of drug-likeness (QED) is 0.605. The summed E-state index contributed by atoms with van der Waals surface area (Å²) in [5, 5.41) is 0.332. The van der Waals surface area contributed by atoms with E-state index in [1.54, 1.807) is 14.2 Å². The summed E-state index contributed by atoms with van der Waals surface area (Å²) in [4.78, 5) is 0. The average Bonchev–Trinajstić information content (AvgIpc) is 2.55. The Balaban J connectivity index is 2.18. The Bertz CT molecular complexity index is 545. The number of hydrogen-bond acceptors (Lipinski definition) is 4. The molecule has 120 valence electrons. The van der Waals surface area contributed by atoms with Crippen LogP contribution in [-0.4, -0.2) is 31.9 Å². The number of hydrogen-bond donors (Lipinski definition) is 1. The van der Waals surface area contributed by atoms with Crippen molar-refractivity contribution in [3.63, 3.8) is 0 Å². The van der Waals surface area contributed by atoms with Gasteiger partial charge in [-0.15, -0.1) is 0 Å². The van der Waals surface area contributed by atoms with Gasteiger partial charge in [0.1, 0.15) is 5.75 Å². The van der Waals surface area contributed by atoms with E-state index in [4.69, 9.17) is 14.2 Å². The van der Waals surface area contributed by atoms with Crippen molar-refractivity contribution in [1.82, 2.24) is 0 Å². The van der Waals surface area contributed by atoms with Gasteiger partial charge >= 0.3 is 0 Å². The molecule has 0 amide bonds. The highest BCUT2D eigenvalue weighted by Crippen LogP contribution is 2.36. The number of para-hydroxylation sites is 1. The normalized spacial score (nSPS) is 17.9. The number of benzene rings is 1. The molecule has 0 aromatic heterocycles. The molecule has 4 heteroatoms. The zero-order chi connectivity index (χ0) is 16.0. The van der Waals surface area contributed by atoms with E-state index in [0.29, 0.717) is 18.3 Å². The second-order valence-corrected chi connectivity index (χ2v) is 6.31. The van der Waals surface area contributed by atoms with Crippen LogP contribution in [0.1, 0.15) is 25.3 Å². The van der Waals surface area contributed by atoms with Crippen LogP contribution in [0.2, 0.25) is 0 Å². The van der Waals surface area contributed by atoms with Crippen LogP contribution in [0.3, 0.4) is 0 Å². The Kier molecular flexibility index (Phi) is 6.12. The molecule has 1 aromatic carbocycles. The largest absolute Gasteiger partial charge is 0.493 e. The van der Waals surface area contributed by atoms with Crippen molar-refractivity contribution in [2.45, 2.75) is 30.8 Å². The van der Waals surface area contributed by atoms with Crippen LogP contribution >= 0.6 is 12.6 Å². The summed E-state index contributed by atoms with van der Waals surface area (Å²) >= 11 is 4.39. The van der Waals surface area contributed by atoms with Crippen molar-refractivity contribution >= 4 is 18.2 Å². The SMILES string of the molecule is COC1(OC)C=CC=C(c2ccccc2OCCC(C)S)C1. The molecule has 0 N–H and O–H groups in total. The smallest absolute Gasteiger partial charge is 0.191 e. The zero-order valence-corrected chi connectivity index (χ0v) is 14.3. The van der Waals surface area contributed by atoms with E-state index in [2.05, 4.69) is 31.7 Å². The molecular weight excluding hydrogens is 296 g/mol. The van der Waals surface area contributed by atoms with Crippen LogP contribution in [0, 0.1) is 0 Å². The second-order valence-electron chi connectivity index (χ2n) is 5.43. The van der Waals surface area contributed by atoms with Gasteiger partial charge in [0, 0.05) is 31.5 Å². The van der Waals surface area contributed by atoms with E-state index in [1.807, 2.05) is 30.4 Å². The third kappa shape index (κ3) is 4.15. The van der Waals surface area contributed by atoms with Gasteiger partial charge in [0.2, 0.25) is 0 Å². The lowest BCUT2D eigenvalue weighted by molar-refractivity contribution is -0.166. The molecule has 1 aliphatic rings. The first-order valence-corrected chi connectivity index (χ1v) is 8.01. The molecule has 1 aromatic rings. The Labute approximate surface area is 138 Å². The minimum Gasteiger partial charge on any atom is -0.493 e. The van der Waals surface area contributed by atoms with Crippen molar-refractivity contribution in [1.29, 1.82) is 0 Å². The highest BCUT2D eigenvalue weighted by atomic mass is 32.1. The molecule has 0 heterocycles. The van der Waals surface area contributed by atoms with Gasteiger partial charge in [0.05, 0.1) is 6.61 Å². The topological polar surface area (TPSA) is 27.7 Å². The molecule has 1 aliphatic carbocycles. The monoisotopic (exact) mass is 320 g/mol. The highest BCUT2D eigenvalue weighted by molar-refractivity contribution is 7.80. The molecule has 0 radical (unpaired) electrons. The van der Waals surface area contributed by atoms with Crippen LogP contribution in [0.5, 0.6) is 5.75 Å². The minimum atomic E-state index is -0.698. The van der Waals surface area contributed by atoms with Crippen molar-refractivity contribution in [3.05, 3.63) is 48.1 Å². The van der Waals surface area contributed by atoms with Gasteiger partial charge in [0.25, 0.3) is 0 Å². The third-order valence-corrected chi connectivity index (χ3v) is 4.06. The molecule has 1 atom stereocenters. The van der Waals surface area contributed by atoms with E-state index < -0.39 is 5.79 Å². The molecule has 0 spiro atoms. The predicted octanol–water partition coefficient (Wildman–Crippen LogP) is 4.11. The van der Waals surface area contributed by atoms with Gasteiger partial charge in [-0.25, -0.2) is 0 Å². The molecule has 0 saturated heterocycles. The van der Waals surface area contributed by atoms with Crippen LogP contribution in [0.15, 0.2) is 42.5 Å². The number of rotatable bonds is 7. The summed E-state index contributed by atoms with van der Waals surface area (Å²) in [5.74, 6) is 0.190. The maximum absolute atomic E-state index is 5.94. The summed E-state index contributed by atoms with van der Waals surface area (Å²) in [6.45, 7) is 2.73. The first-order chi connectivity index (χ1) is 10.6. The zero-order valence-electron chi connectivity index (χ0n) is 13.4. The summed E-state index contributed by atoms with van der Waals surface area (Å²) in [6.07, 6.45) is 7.55. The molecule has 0 fully saturated rings. The summed E-state index contributed by atoms with van der Waals surface area (Å²) in [6, 6.07) is 8.07. The fourth-order valence-corrected chi connectivity index (χ4v) is 2.55. The van der Waals surface area contributed by atoms with Crippen molar-refractivity contribution < 1.29 is 14.2 Å². The van der Waals surface area contributed by atoms with Gasteiger partial charge in [-0.2, -0.15) is 12.6 Å². The fraction of sp³-hybridized carbons (Fsp3) is 0.444. The highest BCUT2D eigenvalue weighted by Gasteiger charge is 2.30.